The standard InChI is InChI=1S/C34H40N6O5S3/c1-48(44,45)23-25(34(43)39-16-4-2-10-30(42)35-19-21-46-47-31-11-3-5-15-36-31)22-29(41)28-9-7-20-40(28)27-14-18-38-33-26(27)13-12-24-8-6-17-37-32(24)33/h3,5-6,8,11-15,17-18,25,28H,2,4,7,9-10,16,19-23H2,1H3,(H,35,42)(H,39,43). The summed E-state index contributed by atoms with van der Waals surface area (Å²) in [6.07, 6.45) is 8.96. The molecule has 0 radical (unpaired) electrons. The van der Waals surface area contributed by atoms with Gasteiger partial charge in [0.2, 0.25) is 11.8 Å². The number of amides is 2. The van der Waals surface area contributed by atoms with E-state index >= 15 is 0 Å². The first-order chi connectivity index (χ1) is 23.2. The highest BCUT2D eigenvalue weighted by Crippen LogP contribution is 2.35. The smallest absolute Gasteiger partial charge is 0.224 e. The molecule has 2 N–H and O–H groups in total. The zero-order valence-corrected chi connectivity index (χ0v) is 29.3. The van der Waals surface area contributed by atoms with Gasteiger partial charge in [0.25, 0.3) is 0 Å². The molecule has 0 saturated carbocycles. The van der Waals surface area contributed by atoms with Crippen LogP contribution in [0.5, 0.6) is 0 Å². The van der Waals surface area contributed by atoms with Gasteiger partial charge in [-0.2, -0.15) is 0 Å². The largest absolute Gasteiger partial charge is 0.361 e. The minimum atomic E-state index is -3.53. The summed E-state index contributed by atoms with van der Waals surface area (Å²) in [4.78, 5) is 54.5. The van der Waals surface area contributed by atoms with E-state index in [0.29, 0.717) is 38.8 Å². The quantitative estimate of drug-likeness (QED) is 0.0899. The van der Waals surface area contributed by atoms with Gasteiger partial charge in [0, 0.05) is 79.5 Å². The number of fused-ring (bicyclic) bond motifs is 3. The van der Waals surface area contributed by atoms with Gasteiger partial charge in [-0.3, -0.25) is 24.4 Å². The van der Waals surface area contributed by atoms with Crippen LogP contribution >= 0.6 is 21.6 Å². The van der Waals surface area contributed by atoms with E-state index in [0.717, 1.165) is 50.9 Å². The number of unbranched alkanes of at least 4 members (excludes halogenated alkanes) is 1. The van der Waals surface area contributed by atoms with Crippen LogP contribution in [0.1, 0.15) is 38.5 Å². The Morgan fingerprint density at radius 3 is 2.58 bits per heavy atom. The molecule has 4 aromatic rings. The first-order valence-electron chi connectivity index (χ1n) is 16.0. The van der Waals surface area contributed by atoms with Crippen molar-refractivity contribution in [2.75, 3.05) is 42.3 Å². The van der Waals surface area contributed by atoms with E-state index in [-0.39, 0.29) is 24.7 Å². The molecular formula is C34H40N6O5S3. The number of aromatic nitrogens is 3. The summed E-state index contributed by atoms with van der Waals surface area (Å²) < 4.78 is 24.5. The molecule has 0 aliphatic carbocycles. The molecule has 0 bridgehead atoms. The number of carbonyl (C=O) groups is 3. The van der Waals surface area contributed by atoms with Crippen molar-refractivity contribution in [1.29, 1.82) is 0 Å². The molecule has 1 aliphatic heterocycles. The Bertz CT molecular complexity index is 1840. The molecule has 254 valence electrons. The highest BCUT2D eigenvalue weighted by atomic mass is 33.1. The summed E-state index contributed by atoms with van der Waals surface area (Å²) in [5.41, 5.74) is 2.42. The van der Waals surface area contributed by atoms with Crippen LogP contribution in [0.4, 0.5) is 5.69 Å². The lowest BCUT2D eigenvalue weighted by Gasteiger charge is -2.28. The lowest BCUT2D eigenvalue weighted by atomic mass is 9.97. The van der Waals surface area contributed by atoms with Gasteiger partial charge in [0.1, 0.15) is 14.9 Å². The fourth-order valence-electron chi connectivity index (χ4n) is 5.94. The summed E-state index contributed by atoms with van der Waals surface area (Å²) in [5.74, 6) is -1.34. The van der Waals surface area contributed by atoms with Crippen LogP contribution in [0.15, 0.2) is 72.1 Å². The van der Waals surface area contributed by atoms with Crippen molar-refractivity contribution in [3.8, 4) is 0 Å². The first-order valence-corrected chi connectivity index (χ1v) is 20.4. The number of Topliss-reactive ketones (excluding diaryl/α,β-unsaturated/α-hetero) is 1. The van der Waals surface area contributed by atoms with Crippen LogP contribution in [0.3, 0.4) is 0 Å². The van der Waals surface area contributed by atoms with Crippen molar-refractivity contribution in [3.63, 3.8) is 0 Å². The van der Waals surface area contributed by atoms with E-state index in [1.807, 2.05) is 48.5 Å². The Labute approximate surface area is 288 Å². The van der Waals surface area contributed by atoms with Crippen LogP contribution in [0.2, 0.25) is 0 Å². The fourth-order valence-corrected chi connectivity index (χ4v) is 8.72. The van der Waals surface area contributed by atoms with Crippen LogP contribution in [-0.4, -0.2) is 84.4 Å². The second kappa shape index (κ2) is 17.1. The molecule has 4 heterocycles. The molecule has 2 atom stereocenters. The maximum absolute atomic E-state index is 13.7. The zero-order valence-electron chi connectivity index (χ0n) is 26.8. The van der Waals surface area contributed by atoms with Crippen molar-refractivity contribution in [1.82, 2.24) is 25.6 Å². The van der Waals surface area contributed by atoms with Gasteiger partial charge in [-0.25, -0.2) is 13.4 Å². The molecule has 2 amide bonds. The van der Waals surface area contributed by atoms with E-state index in [2.05, 4.69) is 30.5 Å². The van der Waals surface area contributed by atoms with Gasteiger partial charge in [0.05, 0.1) is 28.7 Å². The maximum Gasteiger partial charge on any atom is 0.224 e. The summed E-state index contributed by atoms with van der Waals surface area (Å²) in [6, 6.07) is 15.0. The molecule has 5 rings (SSSR count). The van der Waals surface area contributed by atoms with E-state index in [9.17, 15) is 22.8 Å². The predicted molar refractivity (Wildman–Crippen MR) is 193 cm³/mol. The summed E-state index contributed by atoms with van der Waals surface area (Å²) in [6.45, 7) is 1.50. The normalized spacial score (nSPS) is 15.4. The van der Waals surface area contributed by atoms with Crippen molar-refractivity contribution >= 4 is 76.5 Å². The van der Waals surface area contributed by atoms with Gasteiger partial charge in [0.15, 0.2) is 5.78 Å². The third-order valence-electron chi connectivity index (χ3n) is 8.14. The number of carbonyl (C=O) groups excluding carboxylic acids is 3. The number of ketones is 1. The summed E-state index contributed by atoms with van der Waals surface area (Å²) in [5, 5.41) is 8.49. The van der Waals surface area contributed by atoms with Gasteiger partial charge in [-0.05, 0) is 66.8 Å². The van der Waals surface area contributed by atoms with Crippen LogP contribution in [0.25, 0.3) is 21.8 Å². The summed E-state index contributed by atoms with van der Waals surface area (Å²) in [7, 11) is -0.347. The van der Waals surface area contributed by atoms with E-state index in [4.69, 9.17) is 0 Å². The van der Waals surface area contributed by atoms with Crippen LogP contribution in [-0.2, 0) is 24.2 Å². The molecule has 48 heavy (non-hydrogen) atoms. The number of hydrogen-bond donors (Lipinski definition) is 2. The molecule has 1 saturated heterocycles. The van der Waals surface area contributed by atoms with Crippen molar-refractivity contribution in [3.05, 3.63) is 67.1 Å². The van der Waals surface area contributed by atoms with E-state index < -0.39 is 33.5 Å². The Balaban J connectivity index is 1.11. The van der Waals surface area contributed by atoms with Crippen LogP contribution < -0.4 is 15.5 Å². The number of benzene rings is 1. The topological polar surface area (TPSA) is 151 Å². The van der Waals surface area contributed by atoms with Crippen molar-refractivity contribution in [2.24, 2.45) is 5.92 Å². The average Bonchev–Trinajstić information content (AvgIpc) is 3.57. The van der Waals surface area contributed by atoms with Gasteiger partial charge >= 0.3 is 0 Å². The molecule has 0 spiro atoms. The minimum Gasteiger partial charge on any atom is -0.361 e. The molecule has 1 aromatic carbocycles. The van der Waals surface area contributed by atoms with Gasteiger partial charge in [-0.1, -0.05) is 29.0 Å². The Morgan fingerprint density at radius 2 is 1.77 bits per heavy atom. The lowest BCUT2D eigenvalue weighted by molar-refractivity contribution is -0.129. The van der Waals surface area contributed by atoms with Crippen LogP contribution in [0, 0.1) is 5.92 Å². The summed E-state index contributed by atoms with van der Waals surface area (Å²) >= 11 is 0. The Hall–Kier alpha value is -3.75. The Kier molecular flexibility index (Phi) is 12.6. The number of hydrogen-bond acceptors (Lipinski definition) is 11. The van der Waals surface area contributed by atoms with Gasteiger partial charge in [-0.15, -0.1) is 0 Å². The third-order valence-corrected chi connectivity index (χ3v) is 11.4. The monoisotopic (exact) mass is 708 g/mol. The first kappa shape index (κ1) is 35.6. The third kappa shape index (κ3) is 9.89. The number of sulfone groups is 1. The number of nitrogens with zero attached hydrogens (tertiary/aromatic N) is 4. The average molecular weight is 709 g/mol. The highest BCUT2D eigenvalue weighted by Gasteiger charge is 2.35. The molecular weight excluding hydrogens is 669 g/mol. The predicted octanol–water partition coefficient (Wildman–Crippen LogP) is 4.61. The van der Waals surface area contributed by atoms with Crippen molar-refractivity contribution in [2.45, 2.75) is 49.6 Å². The number of pyridine rings is 3. The van der Waals surface area contributed by atoms with E-state index in [1.54, 1.807) is 40.2 Å². The fraction of sp³-hybridized carbons (Fsp3) is 0.412. The molecule has 3 aromatic heterocycles. The van der Waals surface area contributed by atoms with Crippen molar-refractivity contribution < 1.29 is 22.8 Å². The van der Waals surface area contributed by atoms with Gasteiger partial charge < -0.3 is 15.5 Å². The second-order valence-corrected chi connectivity index (χ2v) is 16.5. The molecule has 1 aliphatic rings. The molecule has 1 fully saturated rings. The lowest BCUT2D eigenvalue weighted by Crippen LogP contribution is -2.41. The second-order valence-electron chi connectivity index (χ2n) is 11.8. The molecule has 14 heteroatoms. The number of nitrogens with one attached hydrogen (secondary N) is 2. The maximum atomic E-state index is 13.7. The van der Waals surface area contributed by atoms with E-state index in [1.165, 1.54) is 0 Å². The highest BCUT2D eigenvalue weighted by molar-refractivity contribution is 8.76. The Morgan fingerprint density at radius 1 is 0.938 bits per heavy atom. The number of anilines is 1. The minimum absolute atomic E-state index is 0.0575. The molecule has 2 unspecified atom stereocenters. The SMILES string of the molecule is CS(=O)(=O)CC(CC(=O)C1CCCN1c1ccnc2c1ccc1cccnc12)C(=O)NCCCCC(=O)NCCSSc1ccccn1. The zero-order chi connectivity index (χ0) is 33.9. The number of rotatable bonds is 17. The molecule has 11 nitrogen and oxygen atoms in total.